The normalized spacial score (nSPS) is 44.6. The maximum atomic E-state index is 3.79. The fraction of sp³-hybridized carbons (Fsp3) is 1.00. The molecule has 0 bridgehead atoms. The summed E-state index contributed by atoms with van der Waals surface area (Å²) in [5.41, 5.74) is 0.663. The SMILES string of the molecule is CC1(C)[C@@H]([C@@H]2C(C)(C)C2(Br)Br)C1(Br)Br. The lowest BCUT2D eigenvalue weighted by Crippen LogP contribution is -1.98. The van der Waals surface area contributed by atoms with Crippen molar-refractivity contribution in [2.75, 3.05) is 0 Å². The van der Waals surface area contributed by atoms with Gasteiger partial charge in [-0.2, -0.15) is 0 Å². The summed E-state index contributed by atoms with van der Waals surface area (Å²) in [7, 11) is 0. The molecule has 0 aromatic heterocycles. The first-order valence-corrected chi connectivity index (χ1v) is 7.92. The van der Waals surface area contributed by atoms with Crippen LogP contribution in [0.1, 0.15) is 27.7 Å². The van der Waals surface area contributed by atoms with Gasteiger partial charge in [0.1, 0.15) is 0 Å². The first-order chi connectivity index (χ1) is 5.99. The molecule has 0 saturated heterocycles. The first-order valence-electron chi connectivity index (χ1n) is 4.74. The van der Waals surface area contributed by atoms with Gasteiger partial charge in [0.15, 0.2) is 0 Å². The Morgan fingerprint density at radius 2 is 0.786 bits per heavy atom. The molecule has 0 radical (unpaired) electrons. The van der Waals surface area contributed by atoms with E-state index in [1.807, 2.05) is 0 Å². The molecule has 2 aliphatic rings. The highest BCUT2D eigenvalue weighted by Crippen LogP contribution is 2.86. The van der Waals surface area contributed by atoms with E-state index < -0.39 is 0 Å². The Hall–Kier alpha value is 1.92. The molecule has 0 heterocycles. The maximum Gasteiger partial charge on any atom is 0.0897 e. The van der Waals surface area contributed by atoms with Gasteiger partial charge in [0, 0.05) is 0 Å². The number of halogens is 4. The Kier molecular flexibility index (Phi) is 2.51. The average molecular weight is 454 g/mol. The highest BCUT2D eigenvalue weighted by molar-refractivity contribution is 9.26. The molecule has 2 fully saturated rings. The molecule has 2 rings (SSSR count). The number of alkyl halides is 4. The monoisotopic (exact) mass is 450 g/mol. The van der Waals surface area contributed by atoms with Crippen LogP contribution in [0.4, 0.5) is 0 Å². The Morgan fingerprint density at radius 1 is 0.643 bits per heavy atom. The van der Waals surface area contributed by atoms with Crippen LogP contribution in [0.5, 0.6) is 0 Å². The van der Waals surface area contributed by atoms with Gasteiger partial charge in [-0.25, -0.2) is 0 Å². The van der Waals surface area contributed by atoms with Crippen LogP contribution in [-0.4, -0.2) is 6.47 Å². The van der Waals surface area contributed by atoms with Crippen LogP contribution in [0.25, 0.3) is 0 Å². The smallest absolute Gasteiger partial charge is 0.0718 e. The number of hydrogen-bond donors (Lipinski definition) is 0. The predicted octanol–water partition coefficient (Wildman–Crippen LogP) is 5.27. The molecule has 2 aliphatic carbocycles. The largest absolute Gasteiger partial charge is 0.0897 e. The summed E-state index contributed by atoms with van der Waals surface area (Å²) in [5.74, 6) is 1.34. The van der Waals surface area contributed by atoms with Gasteiger partial charge in [0.05, 0.1) is 6.47 Å². The minimum absolute atomic E-state index is 0.123. The van der Waals surface area contributed by atoms with Crippen molar-refractivity contribution in [1.29, 1.82) is 0 Å². The van der Waals surface area contributed by atoms with E-state index in [1.54, 1.807) is 0 Å². The van der Waals surface area contributed by atoms with Gasteiger partial charge in [-0.15, -0.1) is 0 Å². The van der Waals surface area contributed by atoms with Gasteiger partial charge in [-0.3, -0.25) is 0 Å². The van der Waals surface area contributed by atoms with E-state index in [0.717, 1.165) is 0 Å². The van der Waals surface area contributed by atoms with Crippen molar-refractivity contribution in [2.24, 2.45) is 22.7 Å². The molecule has 2 atom stereocenters. The van der Waals surface area contributed by atoms with Crippen LogP contribution >= 0.6 is 63.7 Å². The third-order valence-corrected chi connectivity index (χ3v) is 10.3. The number of rotatable bonds is 1. The lowest BCUT2D eigenvalue weighted by molar-refractivity contribution is 0.448. The quantitative estimate of drug-likeness (QED) is 0.474. The summed E-state index contributed by atoms with van der Waals surface area (Å²) in [6.07, 6.45) is 0. The van der Waals surface area contributed by atoms with Crippen LogP contribution in [0.2, 0.25) is 0 Å². The van der Waals surface area contributed by atoms with E-state index >= 15 is 0 Å². The molecule has 0 nitrogen and oxygen atoms in total. The lowest BCUT2D eigenvalue weighted by Gasteiger charge is -2.01. The summed E-state index contributed by atoms with van der Waals surface area (Å²) in [6.45, 7) is 9.24. The minimum Gasteiger partial charge on any atom is -0.0718 e. The van der Waals surface area contributed by atoms with Crippen molar-refractivity contribution in [3.05, 3.63) is 0 Å². The van der Waals surface area contributed by atoms with Crippen molar-refractivity contribution >= 4 is 63.7 Å². The third kappa shape index (κ3) is 1.20. The summed E-state index contributed by atoms with van der Waals surface area (Å²) in [4.78, 5) is 0. The van der Waals surface area contributed by atoms with Gasteiger partial charge in [0.25, 0.3) is 0 Å². The van der Waals surface area contributed by atoms with Crippen molar-refractivity contribution in [3.63, 3.8) is 0 Å². The zero-order valence-electron chi connectivity index (χ0n) is 8.67. The van der Waals surface area contributed by atoms with Crippen LogP contribution in [-0.2, 0) is 0 Å². The highest BCUT2D eigenvalue weighted by Gasteiger charge is 2.83. The molecule has 2 saturated carbocycles. The molecular weight excluding hydrogens is 440 g/mol. The van der Waals surface area contributed by atoms with Crippen LogP contribution < -0.4 is 0 Å². The second-order valence-corrected chi connectivity index (χ2v) is 12.8. The molecule has 0 N–H and O–H groups in total. The average Bonchev–Trinajstić information content (AvgIpc) is 2.46. The third-order valence-electron chi connectivity index (χ3n) is 4.22. The summed E-state index contributed by atoms with van der Waals surface area (Å²) < 4.78 is 0.246. The molecule has 82 valence electrons. The molecule has 0 aromatic carbocycles. The van der Waals surface area contributed by atoms with Crippen LogP contribution in [0, 0.1) is 22.7 Å². The van der Waals surface area contributed by atoms with Gasteiger partial charge < -0.3 is 0 Å². The van der Waals surface area contributed by atoms with Crippen LogP contribution in [0.3, 0.4) is 0 Å². The van der Waals surface area contributed by atoms with E-state index in [-0.39, 0.29) is 6.47 Å². The Balaban J connectivity index is 2.24. The summed E-state index contributed by atoms with van der Waals surface area (Å²) in [5, 5.41) is 0. The van der Waals surface area contributed by atoms with E-state index in [4.69, 9.17) is 0 Å². The van der Waals surface area contributed by atoms with E-state index in [2.05, 4.69) is 91.4 Å². The standard InChI is InChI=1S/C10H14Br4/c1-7(2)5(9(7,11)12)6-8(3,4)10(6,13)14/h5-6H,1-4H3/t5-,6-/m1/s1. The molecule has 0 aliphatic heterocycles. The fourth-order valence-electron chi connectivity index (χ4n) is 2.64. The van der Waals surface area contributed by atoms with Crippen molar-refractivity contribution in [3.8, 4) is 0 Å². The van der Waals surface area contributed by atoms with Gasteiger partial charge in [-0.1, -0.05) is 91.4 Å². The second kappa shape index (κ2) is 2.84. The Morgan fingerprint density at radius 3 is 0.857 bits per heavy atom. The molecule has 0 spiro atoms. The lowest BCUT2D eigenvalue weighted by atomic mass is 10.0. The summed E-state index contributed by atoms with van der Waals surface area (Å²) >= 11 is 15.2. The van der Waals surface area contributed by atoms with Gasteiger partial charge in [0.2, 0.25) is 0 Å². The van der Waals surface area contributed by atoms with Crippen molar-refractivity contribution < 1.29 is 0 Å². The fourth-order valence-corrected chi connectivity index (χ4v) is 6.52. The predicted molar refractivity (Wildman–Crippen MR) is 75.7 cm³/mol. The van der Waals surface area contributed by atoms with Gasteiger partial charge in [-0.05, 0) is 22.7 Å². The zero-order chi connectivity index (χ0) is 11.2. The second-order valence-electron chi connectivity index (χ2n) is 5.64. The molecule has 0 aromatic rings. The highest BCUT2D eigenvalue weighted by atomic mass is 79.9. The topological polar surface area (TPSA) is 0 Å². The Labute approximate surface area is 119 Å². The van der Waals surface area contributed by atoms with Crippen molar-refractivity contribution in [1.82, 2.24) is 0 Å². The minimum atomic E-state index is 0.123. The molecule has 0 unspecified atom stereocenters. The van der Waals surface area contributed by atoms with E-state index in [1.165, 1.54) is 0 Å². The maximum absolute atomic E-state index is 3.79. The van der Waals surface area contributed by atoms with Crippen molar-refractivity contribution in [2.45, 2.75) is 34.2 Å². The van der Waals surface area contributed by atoms with Crippen LogP contribution in [0.15, 0.2) is 0 Å². The molecule has 0 amide bonds. The molecule has 4 heteroatoms. The summed E-state index contributed by atoms with van der Waals surface area (Å²) in [6, 6.07) is 0. The Bertz CT molecular complexity index is 232. The zero-order valence-corrected chi connectivity index (χ0v) is 15.0. The van der Waals surface area contributed by atoms with E-state index in [0.29, 0.717) is 22.7 Å². The first kappa shape index (κ1) is 12.4. The number of hydrogen-bond acceptors (Lipinski definition) is 0. The van der Waals surface area contributed by atoms with Gasteiger partial charge >= 0.3 is 0 Å². The molecule has 14 heavy (non-hydrogen) atoms. The van der Waals surface area contributed by atoms with E-state index in [9.17, 15) is 0 Å². The molecular formula is C10H14Br4.